The molecular formula is C16H27NO. The number of hydrogen-bond acceptors (Lipinski definition) is 2. The maximum absolute atomic E-state index is 10.2. The Labute approximate surface area is 111 Å². The van der Waals surface area contributed by atoms with Crippen molar-refractivity contribution in [1.82, 2.24) is 0 Å². The number of aryl methyl sites for hydroxylation is 2. The summed E-state index contributed by atoms with van der Waals surface area (Å²) in [5.41, 5.74) is 7.61. The van der Waals surface area contributed by atoms with Crippen molar-refractivity contribution in [2.75, 3.05) is 6.54 Å². The SMILES string of the molecule is CC(C)C(C)(O)CCc1cccc(CCCN)c1. The molecule has 0 heterocycles. The van der Waals surface area contributed by atoms with Crippen LogP contribution in [0.3, 0.4) is 0 Å². The molecule has 1 rings (SSSR count). The molecule has 2 nitrogen and oxygen atoms in total. The molecule has 102 valence electrons. The first-order valence-corrected chi connectivity index (χ1v) is 6.96. The Bertz CT molecular complexity index is 358. The van der Waals surface area contributed by atoms with Gasteiger partial charge in [-0.15, -0.1) is 0 Å². The van der Waals surface area contributed by atoms with Crippen LogP contribution in [0.15, 0.2) is 24.3 Å². The number of benzene rings is 1. The van der Waals surface area contributed by atoms with E-state index in [0.717, 1.165) is 32.2 Å². The standard InChI is InChI=1S/C16H27NO/c1-13(2)16(3,18)10-9-15-7-4-6-14(12-15)8-5-11-17/h4,6-7,12-13,18H,5,8-11,17H2,1-3H3. The lowest BCUT2D eigenvalue weighted by molar-refractivity contribution is 0.00568. The first-order valence-electron chi connectivity index (χ1n) is 6.96. The van der Waals surface area contributed by atoms with Crippen LogP contribution in [0.4, 0.5) is 0 Å². The summed E-state index contributed by atoms with van der Waals surface area (Å²) in [6.07, 6.45) is 3.82. The van der Waals surface area contributed by atoms with Crippen molar-refractivity contribution < 1.29 is 5.11 Å². The topological polar surface area (TPSA) is 46.2 Å². The van der Waals surface area contributed by atoms with Gasteiger partial charge in [0.05, 0.1) is 5.60 Å². The van der Waals surface area contributed by atoms with E-state index in [-0.39, 0.29) is 5.92 Å². The number of nitrogens with two attached hydrogens (primary N) is 1. The summed E-state index contributed by atoms with van der Waals surface area (Å²) >= 11 is 0. The van der Waals surface area contributed by atoms with Crippen molar-refractivity contribution in [2.24, 2.45) is 11.7 Å². The summed E-state index contributed by atoms with van der Waals surface area (Å²) < 4.78 is 0. The highest BCUT2D eigenvalue weighted by atomic mass is 16.3. The summed E-state index contributed by atoms with van der Waals surface area (Å²) in [6.45, 7) is 6.80. The average Bonchev–Trinajstić information content (AvgIpc) is 2.34. The fourth-order valence-electron chi connectivity index (χ4n) is 1.93. The molecule has 3 N–H and O–H groups in total. The first kappa shape index (κ1) is 15.2. The van der Waals surface area contributed by atoms with Crippen LogP contribution in [0.5, 0.6) is 0 Å². The van der Waals surface area contributed by atoms with Gasteiger partial charge in [-0.25, -0.2) is 0 Å². The number of hydrogen-bond donors (Lipinski definition) is 2. The van der Waals surface area contributed by atoms with Gasteiger partial charge in [0.15, 0.2) is 0 Å². The minimum atomic E-state index is -0.576. The molecule has 0 aliphatic rings. The molecule has 1 aromatic carbocycles. The Morgan fingerprint density at radius 2 is 1.83 bits per heavy atom. The zero-order valence-corrected chi connectivity index (χ0v) is 11.9. The number of aliphatic hydroxyl groups is 1. The second-order valence-corrected chi connectivity index (χ2v) is 5.72. The van der Waals surface area contributed by atoms with E-state index < -0.39 is 5.60 Å². The molecule has 1 aromatic rings. The molecular weight excluding hydrogens is 222 g/mol. The van der Waals surface area contributed by atoms with E-state index in [9.17, 15) is 5.11 Å². The maximum atomic E-state index is 10.2. The van der Waals surface area contributed by atoms with Crippen molar-refractivity contribution in [2.45, 2.75) is 52.1 Å². The first-order chi connectivity index (χ1) is 8.45. The molecule has 0 bridgehead atoms. The van der Waals surface area contributed by atoms with E-state index in [1.165, 1.54) is 11.1 Å². The average molecular weight is 249 g/mol. The largest absolute Gasteiger partial charge is 0.390 e. The Balaban J connectivity index is 2.57. The van der Waals surface area contributed by atoms with Crippen molar-refractivity contribution in [3.63, 3.8) is 0 Å². The minimum absolute atomic E-state index is 0.290. The van der Waals surface area contributed by atoms with Crippen molar-refractivity contribution in [3.8, 4) is 0 Å². The van der Waals surface area contributed by atoms with Gasteiger partial charge in [-0.05, 0) is 56.2 Å². The molecule has 0 radical (unpaired) electrons. The molecule has 1 unspecified atom stereocenters. The lowest BCUT2D eigenvalue weighted by atomic mass is 9.86. The van der Waals surface area contributed by atoms with Crippen molar-refractivity contribution in [1.29, 1.82) is 0 Å². The van der Waals surface area contributed by atoms with Gasteiger partial charge < -0.3 is 10.8 Å². The monoisotopic (exact) mass is 249 g/mol. The minimum Gasteiger partial charge on any atom is -0.390 e. The Kier molecular flexibility index (Phi) is 5.83. The fourth-order valence-corrected chi connectivity index (χ4v) is 1.93. The van der Waals surface area contributed by atoms with Gasteiger partial charge in [0.25, 0.3) is 0 Å². The highest BCUT2D eigenvalue weighted by Gasteiger charge is 2.24. The zero-order chi connectivity index (χ0) is 13.6. The van der Waals surface area contributed by atoms with Crippen LogP contribution in [0.2, 0.25) is 0 Å². The third kappa shape index (κ3) is 4.79. The predicted molar refractivity (Wildman–Crippen MR) is 77.6 cm³/mol. The van der Waals surface area contributed by atoms with Crippen LogP contribution < -0.4 is 5.73 Å². The molecule has 0 fully saturated rings. The molecule has 1 atom stereocenters. The van der Waals surface area contributed by atoms with E-state index in [1.54, 1.807) is 0 Å². The molecule has 0 amide bonds. The highest BCUT2D eigenvalue weighted by molar-refractivity contribution is 5.24. The van der Waals surface area contributed by atoms with Gasteiger partial charge in [0.2, 0.25) is 0 Å². The summed E-state index contributed by atoms with van der Waals surface area (Å²) in [4.78, 5) is 0. The fraction of sp³-hybridized carbons (Fsp3) is 0.625. The summed E-state index contributed by atoms with van der Waals surface area (Å²) in [6, 6.07) is 8.64. The van der Waals surface area contributed by atoms with Crippen LogP contribution in [-0.2, 0) is 12.8 Å². The lowest BCUT2D eigenvalue weighted by Gasteiger charge is -2.27. The van der Waals surface area contributed by atoms with Gasteiger partial charge in [0, 0.05) is 0 Å². The molecule has 0 aromatic heterocycles. The Morgan fingerprint density at radius 3 is 2.39 bits per heavy atom. The molecule has 0 spiro atoms. The third-order valence-electron chi connectivity index (χ3n) is 3.82. The van der Waals surface area contributed by atoms with E-state index >= 15 is 0 Å². The van der Waals surface area contributed by atoms with Crippen LogP contribution in [0, 0.1) is 5.92 Å². The van der Waals surface area contributed by atoms with Crippen LogP contribution >= 0.6 is 0 Å². The van der Waals surface area contributed by atoms with Crippen LogP contribution in [0.1, 0.15) is 44.7 Å². The maximum Gasteiger partial charge on any atom is 0.0645 e. The normalized spacial score (nSPS) is 14.8. The summed E-state index contributed by atoms with van der Waals surface area (Å²) in [5.74, 6) is 0.290. The Hall–Kier alpha value is -0.860. The van der Waals surface area contributed by atoms with Gasteiger partial charge in [-0.3, -0.25) is 0 Å². The molecule has 0 aliphatic heterocycles. The van der Waals surface area contributed by atoms with Gasteiger partial charge in [0.1, 0.15) is 0 Å². The predicted octanol–water partition coefficient (Wildman–Crippen LogP) is 2.92. The van der Waals surface area contributed by atoms with E-state index in [1.807, 2.05) is 6.92 Å². The molecule has 18 heavy (non-hydrogen) atoms. The van der Waals surface area contributed by atoms with E-state index in [4.69, 9.17) is 5.73 Å². The summed E-state index contributed by atoms with van der Waals surface area (Å²) in [7, 11) is 0. The molecule has 0 saturated heterocycles. The smallest absolute Gasteiger partial charge is 0.0645 e. The van der Waals surface area contributed by atoms with Gasteiger partial charge >= 0.3 is 0 Å². The summed E-state index contributed by atoms with van der Waals surface area (Å²) in [5, 5.41) is 10.2. The van der Waals surface area contributed by atoms with Crippen molar-refractivity contribution >= 4 is 0 Å². The lowest BCUT2D eigenvalue weighted by Crippen LogP contribution is -2.31. The molecule has 0 saturated carbocycles. The molecule has 2 heteroatoms. The Morgan fingerprint density at radius 1 is 1.22 bits per heavy atom. The number of rotatable bonds is 7. The van der Waals surface area contributed by atoms with Gasteiger partial charge in [-0.1, -0.05) is 38.1 Å². The second-order valence-electron chi connectivity index (χ2n) is 5.72. The van der Waals surface area contributed by atoms with E-state index in [2.05, 4.69) is 38.1 Å². The second kappa shape index (κ2) is 6.91. The molecule has 0 aliphatic carbocycles. The zero-order valence-electron chi connectivity index (χ0n) is 11.9. The highest BCUT2D eigenvalue weighted by Crippen LogP contribution is 2.22. The van der Waals surface area contributed by atoms with Crippen molar-refractivity contribution in [3.05, 3.63) is 35.4 Å². The van der Waals surface area contributed by atoms with Crippen LogP contribution in [0.25, 0.3) is 0 Å². The quantitative estimate of drug-likeness (QED) is 0.780. The van der Waals surface area contributed by atoms with Crippen LogP contribution in [-0.4, -0.2) is 17.3 Å². The van der Waals surface area contributed by atoms with E-state index in [0.29, 0.717) is 0 Å². The van der Waals surface area contributed by atoms with Gasteiger partial charge in [-0.2, -0.15) is 0 Å². The third-order valence-corrected chi connectivity index (χ3v) is 3.82.